The van der Waals surface area contributed by atoms with Crippen LogP contribution in [0.5, 0.6) is 0 Å². The van der Waals surface area contributed by atoms with Crippen molar-refractivity contribution in [1.29, 1.82) is 0 Å². The van der Waals surface area contributed by atoms with Crippen LogP contribution >= 0.6 is 0 Å². The minimum atomic E-state index is -0.821. The highest BCUT2D eigenvalue weighted by Crippen LogP contribution is 2.32. The number of benzene rings is 2. The molecule has 0 fully saturated rings. The van der Waals surface area contributed by atoms with Gasteiger partial charge >= 0.3 is 0 Å². The summed E-state index contributed by atoms with van der Waals surface area (Å²) >= 11 is 0. The van der Waals surface area contributed by atoms with Crippen molar-refractivity contribution in [2.24, 2.45) is 5.73 Å². The molecule has 3 rings (SSSR count). The maximum Gasteiger partial charge on any atom is 0.291 e. The van der Waals surface area contributed by atoms with E-state index in [2.05, 4.69) is 10.6 Å². The summed E-state index contributed by atoms with van der Waals surface area (Å²) in [6.45, 7) is 8.39. The summed E-state index contributed by atoms with van der Waals surface area (Å²) in [6.07, 6.45) is 0.738. The van der Waals surface area contributed by atoms with Crippen molar-refractivity contribution in [3.8, 4) is 0 Å². The number of fused-ring (bicyclic) bond motifs is 1. The number of carbonyl (C=O) groups excluding carboxylic acids is 3. The Balaban J connectivity index is 1.89. The smallest absolute Gasteiger partial charge is 0.291 e. The lowest BCUT2D eigenvalue weighted by Gasteiger charge is -2.32. The lowest BCUT2D eigenvalue weighted by molar-refractivity contribution is -0.149. The number of para-hydroxylation sites is 1. The number of carbonyl (C=O) groups is 3. The monoisotopic (exact) mass is 450 g/mol. The molecule has 2 unspecified atom stereocenters. The third-order valence-electron chi connectivity index (χ3n) is 6.39. The number of nitrogens with two attached hydrogens (primary N) is 1. The van der Waals surface area contributed by atoms with E-state index in [9.17, 15) is 14.4 Å². The van der Waals surface area contributed by atoms with Crippen molar-refractivity contribution in [2.75, 3.05) is 11.9 Å². The van der Waals surface area contributed by atoms with Gasteiger partial charge in [0.15, 0.2) is 0 Å². The highest BCUT2D eigenvalue weighted by atomic mass is 16.2. The van der Waals surface area contributed by atoms with Gasteiger partial charge in [-0.3, -0.25) is 14.4 Å². The van der Waals surface area contributed by atoms with Crippen LogP contribution in [0, 0.1) is 0 Å². The fraction of sp³-hybridized carbons (Fsp3) is 0.423. The van der Waals surface area contributed by atoms with Crippen molar-refractivity contribution >= 4 is 23.3 Å². The number of amides is 2. The van der Waals surface area contributed by atoms with Crippen LogP contribution in [-0.2, 0) is 27.5 Å². The van der Waals surface area contributed by atoms with E-state index in [0.29, 0.717) is 13.1 Å². The second-order valence-electron chi connectivity index (χ2n) is 9.24. The zero-order chi connectivity index (χ0) is 24.2. The molecule has 0 aromatic heterocycles. The van der Waals surface area contributed by atoms with E-state index in [-0.39, 0.29) is 12.5 Å². The van der Waals surface area contributed by atoms with E-state index >= 15 is 0 Å². The molecular weight excluding hydrogens is 416 g/mol. The molecule has 0 saturated carbocycles. The van der Waals surface area contributed by atoms with E-state index in [4.69, 9.17) is 5.73 Å². The second kappa shape index (κ2) is 10.2. The Kier molecular flexibility index (Phi) is 7.53. The Morgan fingerprint density at radius 1 is 1.15 bits per heavy atom. The minimum absolute atomic E-state index is 0.140. The first-order chi connectivity index (χ1) is 15.7. The molecule has 2 amide bonds. The van der Waals surface area contributed by atoms with Gasteiger partial charge < -0.3 is 21.3 Å². The van der Waals surface area contributed by atoms with Crippen molar-refractivity contribution < 1.29 is 14.4 Å². The summed E-state index contributed by atoms with van der Waals surface area (Å²) in [7, 11) is 0. The lowest BCUT2D eigenvalue weighted by Crippen LogP contribution is -2.54. The summed E-state index contributed by atoms with van der Waals surface area (Å²) in [6, 6.07) is 14.2. The molecule has 7 nitrogen and oxygen atoms in total. The minimum Gasteiger partial charge on any atom is -0.384 e. The van der Waals surface area contributed by atoms with Gasteiger partial charge in [0.2, 0.25) is 11.7 Å². The highest BCUT2D eigenvalue weighted by Gasteiger charge is 2.38. The molecule has 1 aliphatic heterocycles. The number of ketones is 1. The number of nitrogens with zero attached hydrogens (tertiary/aromatic N) is 1. The van der Waals surface area contributed by atoms with Crippen LogP contribution in [0.3, 0.4) is 0 Å². The molecule has 1 aliphatic rings. The van der Waals surface area contributed by atoms with Gasteiger partial charge in [0.25, 0.3) is 5.91 Å². The van der Waals surface area contributed by atoms with Gasteiger partial charge in [0.05, 0.1) is 5.92 Å². The number of hydrogen-bond acceptors (Lipinski definition) is 5. The van der Waals surface area contributed by atoms with Crippen LogP contribution < -0.4 is 16.4 Å². The van der Waals surface area contributed by atoms with Gasteiger partial charge in [-0.2, -0.15) is 0 Å². The van der Waals surface area contributed by atoms with Crippen LogP contribution in [0.25, 0.3) is 0 Å². The van der Waals surface area contributed by atoms with Crippen LogP contribution in [0.15, 0.2) is 48.5 Å². The van der Waals surface area contributed by atoms with Crippen LogP contribution in [-0.4, -0.2) is 40.6 Å². The third-order valence-corrected chi connectivity index (χ3v) is 6.39. The lowest BCUT2D eigenvalue weighted by atomic mass is 9.95. The Hall–Kier alpha value is -3.19. The van der Waals surface area contributed by atoms with Crippen LogP contribution in [0.4, 0.5) is 5.69 Å². The molecule has 2 aromatic carbocycles. The highest BCUT2D eigenvalue weighted by molar-refractivity contribution is 6.39. The first kappa shape index (κ1) is 24.5. The molecule has 0 bridgehead atoms. The summed E-state index contributed by atoms with van der Waals surface area (Å²) in [5.41, 5.74) is 8.77. The molecule has 4 N–H and O–H groups in total. The molecule has 0 radical (unpaired) electrons. The molecular formula is C26H34N4O3. The predicted molar refractivity (Wildman–Crippen MR) is 130 cm³/mol. The number of Topliss-reactive ketones (excluding diaryl/α,β-unsaturated/α-hetero) is 1. The van der Waals surface area contributed by atoms with E-state index < -0.39 is 29.2 Å². The van der Waals surface area contributed by atoms with Gasteiger partial charge in [0.1, 0.15) is 6.04 Å². The normalized spacial score (nSPS) is 15.8. The van der Waals surface area contributed by atoms with Crippen molar-refractivity contribution in [3.05, 3.63) is 65.2 Å². The standard InChI is InChI=1S/C26H34N4O3/c1-5-26(3,4)29-24(32)17(2)30(16-19-10-8-9-18(13-19)14-27)25(33)23(31)21-15-28-22-12-7-6-11-20(21)22/h6-13,17,21,28H,5,14-16,27H2,1-4H3,(H,29,32). The maximum absolute atomic E-state index is 13.5. The molecule has 33 heavy (non-hydrogen) atoms. The molecule has 7 heteroatoms. The summed E-state index contributed by atoms with van der Waals surface area (Å²) in [5, 5.41) is 6.19. The Morgan fingerprint density at radius 2 is 1.85 bits per heavy atom. The summed E-state index contributed by atoms with van der Waals surface area (Å²) in [5.74, 6) is -2.04. The number of anilines is 1. The van der Waals surface area contributed by atoms with Crippen LogP contribution in [0.1, 0.15) is 56.7 Å². The van der Waals surface area contributed by atoms with Gasteiger partial charge in [0, 0.05) is 30.9 Å². The second-order valence-corrected chi connectivity index (χ2v) is 9.24. The molecule has 176 valence electrons. The average molecular weight is 451 g/mol. The molecule has 0 saturated heterocycles. The average Bonchev–Trinajstić information content (AvgIpc) is 3.25. The zero-order valence-electron chi connectivity index (χ0n) is 19.9. The third kappa shape index (κ3) is 5.60. The topological polar surface area (TPSA) is 105 Å². The van der Waals surface area contributed by atoms with E-state index in [1.165, 1.54) is 4.90 Å². The Morgan fingerprint density at radius 3 is 2.55 bits per heavy atom. The Bertz CT molecular complexity index is 1030. The van der Waals surface area contributed by atoms with E-state index in [1.807, 2.05) is 69.3 Å². The number of nitrogens with one attached hydrogen (secondary N) is 2. The predicted octanol–water partition coefficient (Wildman–Crippen LogP) is 2.95. The van der Waals surface area contributed by atoms with Crippen molar-refractivity contribution in [2.45, 2.75) is 64.7 Å². The molecule has 0 aliphatic carbocycles. The first-order valence-electron chi connectivity index (χ1n) is 11.4. The molecule has 1 heterocycles. The Labute approximate surface area is 195 Å². The van der Waals surface area contributed by atoms with E-state index in [1.54, 1.807) is 6.92 Å². The molecule has 2 aromatic rings. The maximum atomic E-state index is 13.5. The zero-order valence-corrected chi connectivity index (χ0v) is 19.9. The summed E-state index contributed by atoms with van der Waals surface area (Å²) < 4.78 is 0. The SMILES string of the molecule is CCC(C)(C)NC(=O)C(C)N(Cc1cccc(CN)c1)C(=O)C(=O)C1CNc2ccccc21. The number of hydrogen-bond donors (Lipinski definition) is 3. The van der Waals surface area contributed by atoms with Crippen molar-refractivity contribution in [1.82, 2.24) is 10.2 Å². The van der Waals surface area contributed by atoms with Crippen molar-refractivity contribution in [3.63, 3.8) is 0 Å². The summed E-state index contributed by atoms with van der Waals surface area (Å²) in [4.78, 5) is 41.3. The fourth-order valence-corrected chi connectivity index (χ4v) is 3.91. The number of rotatable bonds is 9. The van der Waals surface area contributed by atoms with Gasteiger partial charge in [-0.1, -0.05) is 49.4 Å². The fourth-order valence-electron chi connectivity index (χ4n) is 3.91. The molecule has 0 spiro atoms. The van der Waals surface area contributed by atoms with Crippen LogP contribution in [0.2, 0.25) is 0 Å². The van der Waals surface area contributed by atoms with Gasteiger partial charge in [-0.05, 0) is 49.9 Å². The quantitative estimate of drug-likeness (QED) is 0.510. The van der Waals surface area contributed by atoms with Gasteiger partial charge in [-0.15, -0.1) is 0 Å². The largest absolute Gasteiger partial charge is 0.384 e. The molecule has 2 atom stereocenters. The first-order valence-corrected chi connectivity index (χ1v) is 11.4. The van der Waals surface area contributed by atoms with Gasteiger partial charge in [-0.25, -0.2) is 0 Å². The van der Waals surface area contributed by atoms with E-state index in [0.717, 1.165) is 28.8 Å².